The second-order valence-corrected chi connectivity index (χ2v) is 9.62. The Balaban J connectivity index is 1.71. The summed E-state index contributed by atoms with van der Waals surface area (Å²) in [7, 11) is -3.93. The number of carbonyl (C=O) groups is 1. The molecule has 3 aromatic carbocycles. The van der Waals surface area contributed by atoms with Gasteiger partial charge in [0, 0.05) is 10.7 Å². The molecule has 3 aromatic rings. The van der Waals surface area contributed by atoms with Gasteiger partial charge in [-0.3, -0.25) is 9.10 Å². The number of halogens is 1. The number of hydrogen-bond acceptors (Lipinski definition) is 4. The molecule has 0 bridgehead atoms. The fourth-order valence-corrected chi connectivity index (χ4v) is 5.18. The van der Waals surface area contributed by atoms with Crippen LogP contribution in [0, 0.1) is 13.8 Å². The van der Waals surface area contributed by atoms with Crippen LogP contribution in [0.4, 0.5) is 11.4 Å². The third kappa shape index (κ3) is 4.11. The number of ether oxygens (including phenoxy) is 1. The number of nitrogens with one attached hydrogen (secondary N) is 1. The van der Waals surface area contributed by atoms with Crippen LogP contribution in [0.15, 0.2) is 71.6 Å². The van der Waals surface area contributed by atoms with Gasteiger partial charge in [0.15, 0.2) is 6.10 Å². The number of carbonyl (C=O) groups excluding carboxylic acids is 1. The van der Waals surface area contributed by atoms with Gasteiger partial charge in [-0.05, 0) is 55.3 Å². The van der Waals surface area contributed by atoms with E-state index >= 15 is 0 Å². The Morgan fingerprint density at radius 1 is 1.03 bits per heavy atom. The second-order valence-electron chi connectivity index (χ2n) is 7.32. The molecule has 31 heavy (non-hydrogen) atoms. The van der Waals surface area contributed by atoms with Crippen molar-refractivity contribution in [3.8, 4) is 5.75 Å². The average molecular weight is 457 g/mol. The first-order chi connectivity index (χ1) is 14.8. The number of sulfonamides is 1. The number of aryl methyl sites for hydroxylation is 2. The number of benzene rings is 3. The second kappa shape index (κ2) is 8.24. The van der Waals surface area contributed by atoms with Crippen molar-refractivity contribution in [1.29, 1.82) is 0 Å². The molecule has 1 atom stereocenters. The summed E-state index contributed by atoms with van der Waals surface area (Å²) in [5.74, 6) is -0.150. The number of para-hydroxylation sites is 1. The topological polar surface area (TPSA) is 75.7 Å². The Morgan fingerprint density at radius 2 is 1.71 bits per heavy atom. The van der Waals surface area contributed by atoms with Gasteiger partial charge in [-0.15, -0.1) is 0 Å². The van der Waals surface area contributed by atoms with Crippen LogP contribution in [-0.4, -0.2) is 27.0 Å². The number of nitrogens with zero attached hydrogens (tertiary/aromatic N) is 1. The van der Waals surface area contributed by atoms with Crippen LogP contribution in [0.5, 0.6) is 5.75 Å². The van der Waals surface area contributed by atoms with E-state index < -0.39 is 22.0 Å². The molecule has 0 aromatic heterocycles. The van der Waals surface area contributed by atoms with E-state index in [4.69, 9.17) is 16.3 Å². The number of anilines is 2. The van der Waals surface area contributed by atoms with E-state index in [0.29, 0.717) is 16.4 Å². The van der Waals surface area contributed by atoms with Crippen molar-refractivity contribution in [1.82, 2.24) is 0 Å². The Kier molecular flexibility index (Phi) is 5.64. The molecule has 8 heteroatoms. The molecule has 1 heterocycles. The Morgan fingerprint density at radius 3 is 2.39 bits per heavy atom. The maximum atomic E-state index is 13.4. The van der Waals surface area contributed by atoms with Crippen molar-refractivity contribution in [2.24, 2.45) is 0 Å². The first kappa shape index (κ1) is 21.2. The molecule has 1 aliphatic heterocycles. The summed E-state index contributed by atoms with van der Waals surface area (Å²) in [5.41, 5.74) is 2.80. The van der Waals surface area contributed by atoms with Gasteiger partial charge in [-0.25, -0.2) is 8.42 Å². The van der Waals surface area contributed by atoms with E-state index in [1.165, 1.54) is 22.5 Å². The quantitative estimate of drug-likeness (QED) is 0.624. The third-order valence-corrected chi connectivity index (χ3v) is 7.17. The SMILES string of the molecule is Cc1cccc(C)c1NC(=O)[C@@H]1CN(S(=O)(=O)c2ccccc2)c2cc(Cl)ccc2O1. The largest absolute Gasteiger partial charge is 0.476 e. The van der Waals surface area contributed by atoms with Crippen molar-refractivity contribution in [3.05, 3.63) is 82.9 Å². The fourth-order valence-electron chi connectivity index (χ4n) is 3.52. The molecule has 0 unspecified atom stereocenters. The van der Waals surface area contributed by atoms with Crippen LogP contribution in [0.25, 0.3) is 0 Å². The number of amides is 1. The van der Waals surface area contributed by atoms with Crippen molar-refractivity contribution < 1.29 is 17.9 Å². The van der Waals surface area contributed by atoms with Crippen molar-refractivity contribution in [3.63, 3.8) is 0 Å². The summed E-state index contributed by atoms with van der Waals surface area (Å²) in [4.78, 5) is 13.2. The number of hydrogen-bond donors (Lipinski definition) is 1. The van der Waals surface area contributed by atoms with Gasteiger partial charge < -0.3 is 10.1 Å². The van der Waals surface area contributed by atoms with E-state index in [-0.39, 0.29) is 17.2 Å². The van der Waals surface area contributed by atoms with Gasteiger partial charge in [-0.1, -0.05) is 48.0 Å². The molecule has 0 aliphatic carbocycles. The van der Waals surface area contributed by atoms with Gasteiger partial charge in [0.1, 0.15) is 5.75 Å². The molecule has 6 nitrogen and oxygen atoms in total. The molecule has 0 saturated heterocycles. The van der Waals surface area contributed by atoms with Gasteiger partial charge in [0.25, 0.3) is 15.9 Å². The van der Waals surface area contributed by atoms with Gasteiger partial charge >= 0.3 is 0 Å². The summed E-state index contributed by atoms with van der Waals surface area (Å²) in [5, 5.41) is 3.26. The maximum Gasteiger partial charge on any atom is 0.267 e. The molecule has 0 fully saturated rings. The summed E-state index contributed by atoms with van der Waals surface area (Å²) in [6, 6.07) is 18.5. The van der Waals surface area contributed by atoms with Crippen molar-refractivity contribution >= 4 is 38.9 Å². The lowest BCUT2D eigenvalue weighted by atomic mass is 10.1. The van der Waals surface area contributed by atoms with E-state index in [1.54, 1.807) is 30.3 Å². The minimum Gasteiger partial charge on any atom is -0.476 e. The molecule has 0 saturated carbocycles. The van der Waals surface area contributed by atoms with Crippen LogP contribution >= 0.6 is 11.6 Å². The molecule has 4 rings (SSSR count). The first-order valence-corrected chi connectivity index (χ1v) is 11.5. The predicted molar refractivity (Wildman–Crippen MR) is 121 cm³/mol. The zero-order valence-corrected chi connectivity index (χ0v) is 18.6. The molecule has 0 spiro atoms. The van der Waals surface area contributed by atoms with Crippen LogP contribution in [0.2, 0.25) is 5.02 Å². The third-order valence-electron chi connectivity index (χ3n) is 5.14. The summed E-state index contributed by atoms with van der Waals surface area (Å²) in [6.45, 7) is 3.61. The number of fused-ring (bicyclic) bond motifs is 1. The predicted octanol–water partition coefficient (Wildman–Crippen LogP) is 4.55. The molecular formula is C23H21ClN2O4S. The molecule has 0 radical (unpaired) electrons. The molecule has 160 valence electrons. The first-order valence-electron chi connectivity index (χ1n) is 9.68. The van der Waals surface area contributed by atoms with Crippen LogP contribution in [0.3, 0.4) is 0 Å². The highest BCUT2D eigenvalue weighted by atomic mass is 35.5. The summed E-state index contributed by atoms with van der Waals surface area (Å²) >= 11 is 6.12. The average Bonchev–Trinajstić information content (AvgIpc) is 2.76. The highest BCUT2D eigenvalue weighted by Crippen LogP contribution is 2.39. The smallest absolute Gasteiger partial charge is 0.267 e. The van der Waals surface area contributed by atoms with Gasteiger partial charge in [0.05, 0.1) is 17.1 Å². The molecular weight excluding hydrogens is 436 g/mol. The van der Waals surface area contributed by atoms with Crippen molar-refractivity contribution in [2.45, 2.75) is 24.8 Å². The maximum absolute atomic E-state index is 13.4. The fraction of sp³-hybridized carbons (Fsp3) is 0.174. The highest BCUT2D eigenvalue weighted by molar-refractivity contribution is 7.92. The van der Waals surface area contributed by atoms with E-state index in [1.807, 2.05) is 32.0 Å². The van der Waals surface area contributed by atoms with Gasteiger partial charge in [0.2, 0.25) is 0 Å². The van der Waals surface area contributed by atoms with Crippen LogP contribution < -0.4 is 14.4 Å². The normalized spacial score (nSPS) is 15.7. The lowest BCUT2D eigenvalue weighted by molar-refractivity contribution is -0.122. The molecule has 1 aliphatic rings. The number of rotatable bonds is 4. The highest BCUT2D eigenvalue weighted by Gasteiger charge is 2.38. The Bertz CT molecular complexity index is 1230. The van der Waals surface area contributed by atoms with E-state index in [2.05, 4.69) is 5.32 Å². The monoisotopic (exact) mass is 456 g/mol. The van der Waals surface area contributed by atoms with E-state index in [9.17, 15) is 13.2 Å². The van der Waals surface area contributed by atoms with Crippen LogP contribution in [0.1, 0.15) is 11.1 Å². The molecule has 1 amide bonds. The van der Waals surface area contributed by atoms with Crippen LogP contribution in [-0.2, 0) is 14.8 Å². The van der Waals surface area contributed by atoms with Crippen molar-refractivity contribution in [2.75, 3.05) is 16.2 Å². The minimum absolute atomic E-state index is 0.122. The van der Waals surface area contributed by atoms with E-state index in [0.717, 1.165) is 11.1 Å². The lowest BCUT2D eigenvalue weighted by Crippen LogP contribution is -2.49. The molecule has 1 N–H and O–H groups in total. The zero-order chi connectivity index (χ0) is 22.2. The lowest BCUT2D eigenvalue weighted by Gasteiger charge is -2.35. The minimum atomic E-state index is -3.93. The standard InChI is InChI=1S/C23H21ClN2O4S/c1-15-7-6-8-16(2)22(15)25-23(27)21-14-26(19-13-17(24)11-12-20(19)30-21)31(28,29)18-9-4-3-5-10-18/h3-13,21H,14H2,1-2H3,(H,25,27)/t21-/m0/s1. The Hall–Kier alpha value is -3.03. The summed E-state index contributed by atoms with van der Waals surface area (Å²) in [6.07, 6.45) is -1.04. The Labute approximate surface area is 186 Å². The summed E-state index contributed by atoms with van der Waals surface area (Å²) < 4.78 is 33.9. The zero-order valence-electron chi connectivity index (χ0n) is 17.0. The van der Waals surface area contributed by atoms with Gasteiger partial charge in [-0.2, -0.15) is 0 Å².